The van der Waals surface area contributed by atoms with Crippen LogP contribution in [0.3, 0.4) is 0 Å². The number of aromatic nitrogens is 2. The summed E-state index contributed by atoms with van der Waals surface area (Å²) in [4.78, 5) is 19.0. The highest BCUT2D eigenvalue weighted by Crippen LogP contribution is 2.34. The molecule has 6 rings (SSSR count). The van der Waals surface area contributed by atoms with Crippen molar-refractivity contribution in [2.75, 3.05) is 4.90 Å². The van der Waals surface area contributed by atoms with Gasteiger partial charge in [-0.15, -0.1) is 0 Å². The first-order valence-corrected chi connectivity index (χ1v) is 15.7. The molecule has 0 saturated carbocycles. The molecule has 0 spiro atoms. The normalized spacial score (nSPS) is 13.6. The van der Waals surface area contributed by atoms with Crippen molar-refractivity contribution < 1.29 is 9.90 Å². The van der Waals surface area contributed by atoms with Crippen LogP contribution in [0.25, 0.3) is 28.1 Å². The lowest BCUT2D eigenvalue weighted by atomic mass is 9.87. The number of benzene rings is 4. The van der Waals surface area contributed by atoms with Gasteiger partial charge in [-0.1, -0.05) is 93.0 Å². The SMILES string of the molecule is CC(C)(C)c1ccc(CN(Cc2ccc(-c3nc4cc(C(=O)O)ccc4n3C3=CCCCC3)cc2)c2cccc(Cl)c2)cc1. The summed E-state index contributed by atoms with van der Waals surface area (Å²) in [6.07, 6.45) is 6.63. The number of nitrogens with zero attached hydrogens (tertiary/aromatic N) is 3. The Morgan fingerprint density at radius 1 is 0.909 bits per heavy atom. The number of rotatable bonds is 8. The van der Waals surface area contributed by atoms with Crippen LogP contribution in [0.1, 0.15) is 73.5 Å². The maximum Gasteiger partial charge on any atom is 0.335 e. The van der Waals surface area contributed by atoms with E-state index < -0.39 is 5.97 Å². The number of carboxylic acid groups (broad SMARTS) is 1. The lowest BCUT2D eigenvalue weighted by Gasteiger charge is -2.26. The summed E-state index contributed by atoms with van der Waals surface area (Å²) in [5, 5.41) is 10.3. The van der Waals surface area contributed by atoms with E-state index in [0.717, 1.165) is 48.4 Å². The number of fused-ring (bicyclic) bond motifs is 1. The van der Waals surface area contributed by atoms with Crippen LogP contribution in [0.5, 0.6) is 0 Å². The second kappa shape index (κ2) is 12.3. The molecule has 1 aromatic heterocycles. The van der Waals surface area contributed by atoms with E-state index in [1.54, 1.807) is 12.1 Å². The maximum atomic E-state index is 11.7. The summed E-state index contributed by atoms with van der Waals surface area (Å²) < 4.78 is 2.22. The Hall–Kier alpha value is -4.35. The predicted molar refractivity (Wildman–Crippen MR) is 181 cm³/mol. The number of halogens is 1. The first kappa shape index (κ1) is 29.7. The number of carboxylic acids is 1. The van der Waals surface area contributed by atoms with Gasteiger partial charge in [-0.05, 0) is 84.2 Å². The molecule has 0 amide bonds. The van der Waals surface area contributed by atoms with Crippen molar-refractivity contribution in [1.82, 2.24) is 9.55 Å². The lowest BCUT2D eigenvalue weighted by Crippen LogP contribution is -2.22. The van der Waals surface area contributed by atoms with E-state index in [1.165, 1.54) is 28.8 Å². The highest BCUT2D eigenvalue weighted by Gasteiger charge is 2.19. The Morgan fingerprint density at radius 3 is 2.23 bits per heavy atom. The zero-order valence-electron chi connectivity index (χ0n) is 25.6. The first-order valence-electron chi connectivity index (χ1n) is 15.3. The van der Waals surface area contributed by atoms with E-state index in [0.29, 0.717) is 17.1 Å². The molecule has 1 aliphatic carbocycles. The number of aromatic carboxylic acids is 1. The molecule has 0 bridgehead atoms. The Balaban J connectivity index is 1.32. The number of allylic oxidation sites excluding steroid dienone is 2. The molecule has 5 nitrogen and oxygen atoms in total. The van der Waals surface area contributed by atoms with E-state index in [4.69, 9.17) is 16.6 Å². The third kappa shape index (κ3) is 6.44. The monoisotopic (exact) mass is 603 g/mol. The van der Waals surface area contributed by atoms with E-state index in [2.05, 4.69) is 90.9 Å². The fourth-order valence-electron chi connectivity index (χ4n) is 5.94. The minimum absolute atomic E-state index is 0.111. The van der Waals surface area contributed by atoms with E-state index in [9.17, 15) is 9.90 Å². The topological polar surface area (TPSA) is 58.4 Å². The quantitative estimate of drug-likeness (QED) is 0.192. The molecule has 1 N–H and O–H groups in total. The van der Waals surface area contributed by atoms with Crippen molar-refractivity contribution in [2.24, 2.45) is 0 Å². The zero-order chi connectivity index (χ0) is 30.8. The first-order chi connectivity index (χ1) is 21.2. The standard InChI is InChI=1S/C38H38ClN3O2/c1-38(2,3)30-19-14-27(15-20-30)25-41(33-11-7-8-31(39)23-33)24-26-12-16-28(17-13-26)36-40-34-22-29(37(43)44)18-21-35(34)42(36)32-9-5-4-6-10-32/h7-9,11-23H,4-6,10,24-25H2,1-3H3,(H,43,44). The molecule has 4 aromatic carbocycles. The van der Waals surface area contributed by atoms with Crippen molar-refractivity contribution in [2.45, 2.75) is 65.0 Å². The predicted octanol–water partition coefficient (Wildman–Crippen LogP) is 9.97. The third-order valence-electron chi connectivity index (χ3n) is 8.41. The molecule has 0 atom stereocenters. The molecule has 0 fully saturated rings. The maximum absolute atomic E-state index is 11.7. The van der Waals surface area contributed by atoms with Gasteiger partial charge in [0.1, 0.15) is 5.82 Å². The number of imidazole rings is 1. The number of hydrogen-bond donors (Lipinski definition) is 1. The van der Waals surface area contributed by atoms with Crippen LogP contribution >= 0.6 is 11.6 Å². The zero-order valence-corrected chi connectivity index (χ0v) is 26.3. The average Bonchev–Trinajstić information content (AvgIpc) is 3.40. The summed E-state index contributed by atoms with van der Waals surface area (Å²) in [7, 11) is 0. The van der Waals surface area contributed by atoms with E-state index in [1.807, 2.05) is 24.3 Å². The fourth-order valence-corrected chi connectivity index (χ4v) is 6.13. The minimum atomic E-state index is -0.946. The van der Waals surface area contributed by atoms with Crippen LogP contribution in [0.15, 0.2) is 97.1 Å². The summed E-state index contributed by atoms with van der Waals surface area (Å²) >= 11 is 6.42. The highest BCUT2D eigenvalue weighted by atomic mass is 35.5. The van der Waals surface area contributed by atoms with Gasteiger partial charge in [-0.3, -0.25) is 4.57 Å². The number of carbonyl (C=O) groups is 1. The van der Waals surface area contributed by atoms with Crippen LogP contribution in [0.4, 0.5) is 5.69 Å². The molecule has 0 saturated heterocycles. The molecular formula is C38H38ClN3O2. The summed E-state index contributed by atoms with van der Waals surface area (Å²) in [5.74, 6) is -0.105. The van der Waals surface area contributed by atoms with Crippen LogP contribution < -0.4 is 4.90 Å². The molecule has 0 unspecified atom stereocenters. The molecule has 224 valence electrons. The fraction of sp³-hybridized carbons (Fsp3) is 0.263. The molecule has 0 radical (unpaired) electrons. The third-order valence-corrected chi connectivity index (χ3v) is 8.64. The van der Waals surface area contributed by atoms with Crippen LogP contribution in [0.2, 0.25) is 5.02 Å². The van der Waals surface area contributed by atoms with Gasteiger partial charge in [0.05, 0.1) is 16.6 Å². The van der Waals surface area contributed by atoms with E-state index in [-0.39, 0.29) is 11.0 Å². The Labute approximate surface area is 264 Å². The summed E-state index contributed by atoms with van der Waals surface area (Å²) in [6.45, 7) is 8.17. The van der Waals surface area contributed by atoms with Crippen molar-refractivity contribution in [3.63, 3.8) is 0 Å². The van der Waals surface area contributed by atoms with Crippen molar-refractivity contribution in [1.29, 1.82) is 0 Å². The Kier molecular flexibility index (Phi) is 8.33. The van der Waals surface area contributed by atoms with Crippen LogP contribution in [-0.4, -0.2) is 20.6 Å². The Morgan fingerprint density at radius 2 is 1.61 bits per heavy atom. The highest BCUT2D eigenvalue weighted by molar-refractivity contribution is 6.30. The van der Waals surface area contributed by atoms with Gasteiger partial charge in [-0.25, -0.2) is 9.78 Å². The molecule has 1 heterocycles. The molecule has 1 aliphatic rings. The van der Waals surface area contributed by atoms with Gasteiger partial charge < -0.3 is 10.0 Å². The molecular weight excluding hydrogens is 566 g/mol. The molecule has 44 heavy (non-hydrogen) atoms. The summed E-state index contributed by atoms with van der Waals surface area (Å²) in [6, 6.07) is 30.7. The van der Waals surface area contributed by atoms with Crippen molar-refractivity contribution >= 4 is 40.0 Å². The van der Waals surface area contributed by atoms with Gasteiger partial charge >= 0.3 is 5.97 Å². The van der Waals surface area contributed by atoms with Crippen LogP contribution in [0, 0.1) is 0 Å². The lowest BCUT2D eigenvalue weighted by molar-refractivity contribution is 0.0697. The average molecular weight is 604 g/mol. The largest absolute Gasteiger partial charge is 0.478 e. The van der Waals surface area contributed by atoms with Gasteiger partial charge in [0, 0.05) is 35.1 Å². The summed E-state index contributed by atoms with van der Waals surface area (Å²) in [5.41, 5.74) is 9.02. The minimum Gasteiger partial charge on any atom is -0.478 e. The van der Waals surface area contributed by atoms with Crippen LogP contribution in [-0.2, 0) is 18.5 Å². The smallest absolute Gasteiger partial charge is 0.335 e. The van der Waals surface area contributed by atoms with Crippen molar-refractivity contribution in [3.05, 3.63) is 124 Å². The molecule has 6 heteroatoms. The molecule has 0 aliphatic heterocycles. The molecule has 5 aromatic rings. The van der Waals surface area contributed by atoms with E-state index >= 15 is 0 Å². The number of hydrogen-bond acceptors (Lipinski definition) is 3. The Bertz CT molecular complexity index is 1830. The van der Waals surface area contributed by atoms with Gasteiger partial charge in [0.15, 0.2) is 0 Å². The van der Waals surface area contributed by atoms with Crippen molar-refractivity contribution in [3.8, 4) is 11.4 Å². The number of anilines is 1. The van der Waals surface area contributed by atoms with Gasteiger partial charge in [-0.2, -0.15) is 0 Å². The van der Waals surface area contributed by atoms with Gasteiger partial charge in [0.2, 0.25) is 0 Å². The van der Waals surface area contributed by atoms with Gasteiger partial charge in [0.25, 0.3) is 0 Å². The second-order valence-corrected chi connectivity index (χ2v) is 13.1. The second-order valence-electron chi connectivity index (χ2n) is 12.7.